The van der Waals surface area contributed by atoms with Gasteiger partial charge in [-0.2, -0.15) is 0 Å². The number of hydroxylamine groups is 1. The van der Waals surface area contributed by atoms with E-state index in [1.165, 1.54) is 43.7 Å². The molecule has 6 heteroatoms. The van der Waals surface area contributed by atoms with Crippen LogP contribution in [0.4, 0.5) is 0 Å². The van der Waals surface area contributed by atoms with E-state index >= 15 is 0 Å². The van der Waals surface area contributed by atoms with Crippen LogP contribution in [0, 0.1) is 35.0 Å². The normalized spacial score (nSPS) is 35.2. The summed E-state index contributed by atoms with van der Waals surface area (Å²) in [5, 5.41) is 11.4. The number of rotatable bonds is 7. The average Bonchev–Trinajstić information content (AvgIpc) is 3.39. The van der Waals surface area contributed by atoms with Crippen molar-refractivity contribution in [3.63, 3.8) is 0 Å². The number of hydrogen-bond donors (Lipinski definition) is 3. The molecule has 0 heterocycles. The van der Waals surface area contributed by atoms with Gasteiger partial charge < -0.3 is 5.32 Å². The fourth-order valence-corrected chi connectivity index (χ4v) is 7.20. The van der Waals surface area contributed by atoms with Crippen molar-refractivity contribution in [1.29, 1.82) is 0 Å². The minimum Gasteiger partial charge on any atom is -0.352 e. The molecule has 5 aliphatic carbocycles. The second-order valence-corrected chi connectivity index (χ2v) is 9.81. The Labute approximate surface area is 176 Å². The van der Waals surface area contributed by atoms with E-state index in [1.54, 1.807) is 6.08 Å². The van der Waals surface area contributed by atoms with Crippen molar-refractivity contribution in [1.82, 2.24) is 10.8 Å². The molecule has 2 amide bonds. The SMILES string of the molecule is O=C(/C=C/c1ccc(CNC(=O)CC(=O)C2C3C4CC5CC(C4)CC23C5)cc1)NO. The van der Waals surface area contributed by atoms with Gasteiger partial charge in [0.15, 0.2) is 0 Å². The maximum atomic E-state index is 12.9. The average molecular weight is 408 g/mol. The van der Waals surface area contributed by atoms with E-state index in [4.69, 9.17) is 5.21 Å². The minimum atomic E-state index is -0.591. The zero-order valence-electron chi connectivity index (χ0n) is 17.0. The van der Waals surface area contributed by atoms with Crippen LogP contribution in [0.5, 0.6) is 0 Å². The Kier molecular flexibility index (Phi) is 4.77. The molecule has 6 rings (SSSR count). The molecule has 1 spiro atoms. The van der Waals surface area contributed by atoms with Crippen LogP contribution >= 0.6 is 0 Å². The van der Waals surface area contributed by atoms with Gasteiger partial charge in [-0.3, -0.25) is 19.6 Å². The van der Waals surface area contributed by atoms with Crippen LogP contribution in [-0.2, 0) is 20.9 Å². The van der Waals surface area contributed by atoms with E-state index < -0.39 is 5.91 Å². The highest BCUT2D eigenvalue weighted by Crippen LogP contribution is 2.79. The van der Waals surface area contributed by atoms with Gasteiger partial charge in [0, 0.05) is 18.5 Å². The Morgan fingerprint density at radius 2 is 1.77 bits per heavy atom. The van der Waals surface area contributed by atoms with Gasteiger partial charge in [0.25, 0.3) is 5.91 Å². The summed E-state index contributed by atoms with van der Waals surface area (Å²) in [6.45, 7) is 0.374. The summed E-state index contributed by atoms with van der Waals surface area (Å²) >= 11 is 0. The Hall–Kier alpha value is -2.47. The highest BCUT2D eigenvalue weighted by molar-refractivity contribution is 6.01. The number of amides is 2. The smallest absolute Gasteiger partial charge is 0.267 e. The van der Waals surface area contributed by atoms with Crippen LogP contribution in [0.3, 0.4) is 0 Å². The molecule has 158 valence electrons. The van der Waals surface area contributed by atoms with E-state index in [9.17, 15) is 14.4 Å². The number of ketones is 1. The molecule has 4 unspecified atom stereocenters. The fraction of sp³-hybridized carbons (Fsp3) is 0.542. The van der Waals surface area contributed by atoms with Crippen LogP contribution < -0.4 is 10.8 Å². The van der Waals surface area contributed by atoms with Crippen LogP contribution in [-0.4, -0.2) is 22.8 Å². The lowest BCUT2D eigenvalue weighted by atomic mass is 9.56. The molecule has 1 aromatic carbocycles. The van der Waals surface area contributed by atoms with Crippen molar-refractivity contribution in [3.8, 4) is 0 Å². The molecule has 5 aliphatic rings. The number of benzene rings is 1. The summed E-state index contributed by atoms with van der Waals surface area (Å²) in [6.07, 6.45) is 9.27. The zero-order chi connectivity index (χ0) is 20.9. The minimum absolute atomic E-state index is 0.00205. The lowest BCUT2D eigenvalue weighted by molar-refractivity contribution is -0.129. The van der Waals surface area contributed by atoms with Gasteiger partial charge in [0.2, 0.25) is 5.91 Å². The maximum Gasteiger partial charge on any atom is 0.267 e. The monoisotopic (exact) mass is 408 g/mol. The van der Waals surface area contributed by atoms with Crippen LogP contribution in [0.25, 0.3) is 6.08 Å². The van der Waals surface area contributed by atoms with E-state index in [0.717, 1.165) is 28.9 Å². The summed E-state index contributed by atoms with van der Waals surface area (Å²) in [7, 11) is 0. The predicted molar refractivity (Wildman–Crippen MR) is 110 cm³/mol. The Morgan fingerprint density at radius 1 is 1.07 bits per heavy atom. The van der Waals surface area contributed by atoms with Crippen molar-refractivity contribution in [2.75, 3.05) is 0 Å². The molecular formula is C24H28N2O4. The summed E-state index contributed by atoms with van der Waals surface area (Å²) in [5.41, 5.74) is 3.54. The highest BCUT2D eigenvalue weighted by atomic mass is 16.5. The summed E-state index contributed by atoms with van der Waals surface area (Å²) < 4.78 is 0. The lowest BCUT2D eigenvalue weighted by Gasteiger charge is -2.49. The second-order valence-electron chi connectivity index (χ2n) is 9.81. The molecule has 5 fully saturated rings. The number of nitrogens with one attached hydrogen (secondary N) is 2. The molecule has 30 heavy (non-hydrogen) atoms. The quantitative estimate of drug-likeness (QED) is 0.280. The van der Waals surface area contributed by atoms with Gasteiger partial charge in [-0.05, 0) is 78.4 Å². The third kappa shape index (κ3) is 3.37. The maximum absolute atomic E-state index is 12.9. The molecule has 1 aromatic rings. The summed E-state index contributed by atoms with van der Waals surface area (Å²) in [5.74, 6) is 2.50. The first kappa shape index (κ1) is 19.5. The summed E-state index contributed by atoms with van der Waals surface area (Å²) in [6, 6.07) is 7.38. The Morgan fingerprint density at radius 3 is 2.43 bits per heavy atom. The third-order valence-corrected chi connectivity index (χ3v) is 8.01. The van der Waals surface area contributed by atoms with Crippen molar-refractivity contribution in [2.24, 2.45) is 35.0 Å². The van der Waals surface area contributed by atoms with Gasteiger partial charge >= 0.3 is 0 Å². The first-order valence-corrected chi connectivity index (χ1v) is 11.0. The Bertz CT molecular complexity index is 892. The van der Waals surface area contributed by atoms with Gasteiger partial charge in [-0.25, -0.2) is 5.48 Å². The van der Waals surface area contributed by atoms with Crippen molar-refractivity contribution in [2.45, 2.75) is 45.1 Å². The topological polar surface area (TPSA) is 95.5 Å². The van der Waals surface area contributed by atoms with Crippen molar-refractivity contribution in [3.05, 3.63) is 41.5 Å². The number of carbonyl (C=O) groups excluding carboxylic acids is 3. The number of hydrogen-bond acceptors (Lipinski definition) is 4. The van der Waals surface area contributed by atoms with Gasteiger partial charge in [-0.1, -0.05) is 24.3 Å². The zero-order valence-corrected chi connectivity index (χ0v) is 17.0. The molecule has 3 N–H and O–H groups in total. The fourth-order valence-electron chi connectivity index (χ4n) is 7.20. The molecule has 0 aliphatic heterocycles. The van der Waals surface area contributed by atoms with Crippen molar-refractivity contribution < 1.29 is 19.6 Å². The molecule has 0 radical (unpaired) electrons. The van der Waals surface area contributed by atoms with Gasteiger partial charge in [0.05, 0.1) is 6.42 Å². The molecule has 0 aromatic heterocycles. The number of Topliss-reactive ketones (excluding diaryl/α,β-unsaturated/α-hetero) is 1. The lowest BCUT2D eigenvalue weighted by Crippen LogP contribution is -2.39. The molecule has 5 saturated carbocycles. The van der Waals surface area contributed by atoms with E-state index in [2.05, 4.69) is 5.32 Å². The van der Waals surface area contributed by atoms with E-state index in [1.807, 2.05) is 24.3 Å². The standard InChI is InChI=1S/C24H28N2O4/c27-19(23-22-18-8-16-7-17(9-18)12-24(22,23)11-16)10-21(29)25-13-15-3-1-14(2-4-15)5-6-20(28)26-30/h1-6,16-18,22-23,30H,7-13H2,(H,25,29)(H,26,28)/b6-5+. The molecule has 6 nitrogen and oxygen atoms in total. The first-order chi connectivity index (χ1) is 14.5. The highest BCUT2D eigenvalue weighted by Gasteiger charge is 2.75. The third-order valence-electron chi connectivity index (χ3n) is 8.01. The molecule has 0 saturated heterocycles. The van der Waals surface area contributed by atoms with E-state index in [-0.39, 0.29) is 29.4 Å². The Balaban J connectivity index is 1.12. The second kappa shape index (κ2) is 7.34. The van der Waals surface area contributed by atoms with Crippen LogP contribution in [0.15, 0.2) is 30.3 Å². The van der Waals surface area contributed by atoms with E-state index in [0.29, 0.717) is 12.5 Å². The molecular weight excluding hydrogens is 380 g/mol. The van der Waals surface area contributed by atoms with Gasteiger partial charge in [-0.15, -0.1) is 0 Å². The number of carbonyl (C=O) groups is 3. The molecule has 4 atom stereocenters. The van der Waals surface area contributed by atoms with Crippen LogP contribution in [0.2, 0.25) is 0 Å². The first-order valence-electron chi connectivity index (χ1n) is 11.0. The van der Waals surface area contributed by atoms with Crippen molar-refractivity contribution >= 4 is 23.7 Å². The van der Waals surface area contributed by atoms with Crippen LogP contribution in [0.1, 0.15) is 49.7 Å². The summed E-state index contributed by atoms with van der Waals surface area (Å²) in [4.78, 5) is 36.3. The largest absolute Gasteiger partial charge is 0.352 e. The predicted octanol–water partition coefficient (Wildman–Crippen LogP) is 2.85. The van der Waals surface area contributed by atoms with Gasteiger partial charge in [0.1, 0.15) is 5.78 Å². The molecule has 4 bridgehead atoms.